The molecule has 0 radical (unpaired) electrons. The van der Waals surface area contributed by atoms with Crippen LogP contribution in [0.1, 0.15) is 19.4 Å². The summed E-state index contributed by atoms with van der Waals surface area (Å²) in [6, 6.07) is 5.77. The minimum atomic E-state index is -0.0198. The number of anilines is 1. The number of carbonyl (C=O) groups is 1. The molecule has 4 nitrogen and oxygen atoms in total. The molecule has 0 aliphatic heterocycles. The zero-order valence-electron chi connectivity index (χ0n) is 12.7. The molecule has 112 valence electrons. The molecule has 0 aliphatic carbocycles. The second-order valence-electron chi connectivity index (χ2n) is 5.29. The summed E-state index contributed by atoms with van der Waals surface area (Å²) in [5.41, 5.74) is 2.01. The van der Waals surface area contributed by atoms with Crippen LogP contribution in [0.5, 0.6) is 0 Å². The van der Waals surface area contributed by atoms with E-state index >= 15 is 0 Å². The van der Waals surface area contributed by atoms with Gasteiger partial charge in [0.1, 0.15) is 0 Å². The lowest BCUT2D eigenvalue weighted by Crippen LogP contribution is -2.33. The number of nitrogens with zero attached hydrogens (tertiary/aromatic N) is 1. The van der Waals surface area contributed by atoms with Crippen LogP contribution in [0.15, 0.2) is 18.2 Å². The van der Waals surface area contributed by atoms with Crippen LogP contribution in [0.3, 0.4) is 0 Å². The second-order valence-corrected chi connectivity index (χ2v) is 5.70. The number of amides is 1. The van der Waals surface area contributed by atoms with Gasteiger partial charge in [0.25, 0.3) is 0 Å². The topological polar surface area (TPSA) is 44.4 Å². The van der Waals surface area contributed by atoms with E-state index in [9.17, 15) is 4.79 Å². The standard InChI is InChI=1S/C15H24ClN3O/c1-11(2)8-18-9-12-13(16)6-5-7-14(12)19(4)10-15(20)17-3/h5-7,11,18H,8-10H2,1-4H3,(H,17,20). The molecular weight excluding hydrogens is 274 g/mol. The van der Waals surface area contributed by atoms with E-state index in [1.807, 2.05) is 30.1 Å². The van der Waals surface area contributed by atoms with Crippen molar-refractivity contribution in [1.29, 1.82) is 0 Å². The molecule has 20 heavy (non-hydrogen) atoms. The Labute approximate surface area is 126 Å². The Morgan fingerprint density at radius 2 is 2.10 bits per heavy atom. The van der Waals surface area contributed by atoms with Crippen molar-refractivity contribution in [2.24, 2.45) is 5.92 Å². The van der Waals surface area contributed by atoms with Gasteiger partial charge < -0.3 is 15.5 Å². The first kappa shape index (κ1) is 16.8. The first-order chi connectivity index (χ1) is 9.45. The van der Waals surface area contributed by atoms with E-state index in [1.54, 1.807) is 7.05 Å². The Bertz CT molecular complexity index is 449. The number of nitrogens with one attached hydrogen (secondary N) is 2. The summed E-state index contributed by atoms with van der Waals surface area (Å²) >= 11 is 6.29. The van der Waals surface area contributed by atoms with Crippen molar-refractivity contribution in [3.8, 4) is 0 Å². The molecule has 0 atom stereocenters. The minimum Gasteiger partial charge on any atom is -0.365 e. The van der Waals surface area contributed by atoms with Crippen molar-refractivity contribution in [3.05, 3.63) is 28.8 Å². The summed E-state index contributed by atoms with van der Waals surface area (Å²) < 4.78 is 0. The third-order valence-corrected chi connectivity index (χ3v) is 3.37. The summed E-state index contributed by atoms with van der Waals surface area (Å²) in [6.45, 7) is 6.28. The highest BCUT2D eigenvalue weighted by atomic mass is 35.5. The number of halogens is 1. The van der Waals surface area contributed by atoms with Gasteiger partial charge in [-0.3, -0.25) is 4.79 Å². The summed E-state index contributed by atoms with van der Waals surface area (Å²) in [5, 5.41) is 6.75. The summed E-state index contributed by atoms with van der Waals surface area (Å²) in [4.78, 5) is 13.4. The highest BCUT2D eigenvalue weighted by molar-refractivity contribution is 6.31. The van der Waals surface area contributed by atoms with E-state index in [0.29, 0.717) is 19.0 Å². The molecule has 0 aliphatic rings. The maximum atomic E-state index is 11.5. The maximum absolute atomic E-state index is 11.5. The lowest BCUT2D eigenvalue weighted by atomic mass is 10.1. The van der Waals surface area contributed by atoms with Gasteiger partial charge in [-0.15, -0.1) is 0 Å². The van der Waals surface area contributed by atoms with Gasteiger partial charge in [0.2, 0.25) is 5.91 Å². The molecule has 1 rings (SSSR count). The highest BCUT2D eigenvalue weighted by Gasteiger charge is 2.13. The lowest BCUT2D eigenvalue weighted by molar-refractivity contribution is -0.119. The van der Waals surface area contributed by atoms with Gasteiger partial charge in [-0.25, -0.2) is 0 Å². The summed E-state index contributed by atoms with van der Waals surface area (Å²) in [7, 11) is 3.53. The molecular formula is C15H24ClN3O. The Morgan fingerprint density at radius 3 is 2.70 bits per heavy atom. The highest BCUT2D eigenvalue weighted by Crippen LogP contribution is 2.26. The van der Waals surface area contributed by atoms with Gasteiger partial charge in [-0.05, 0) is 24.6 Å². The molecule has 5 heteroatoms. The zero-order valence-corrected chi connectivity index (χ0v) is 13.4. The molecule has 0 saturated heterocycles. The smallest absolute Gasteiger partial charge is 0.239 e. The monoisotopic (exact) mass is 297 g/mol. The van der Waals surface area contributed by atoms with Gasteiger partial charge in [0.05, 0.1) is 6.54 Å². The number of hydrogen-bond donors (Lipinski definition) is 2. The van der Waals surface area contributed by atoms with Crippen LogP contribution in [0, 0.1) is 5.92 Å². The quantitative estimate of drug-likeness (QED) is 0.811. The molecule has 0 bridgehead atoms. The van der Waals surface area contributed by atoms with Gasteiger partial charge in [-0.1, -0.05) is 31.5 Å². The van der Waals surface area contributed by atoms with Crippen LogP contribution in [-0.2, 0) is 11.3 Å². The number of likely N-dealkylation sites (N-methyl/N-ethyl adjacent to an activating group) is 2. The molecule has 1 amide bonds. The fraction of sp³-hybridized carbons (Fsp3) is 0.533. The van der Waals surface area contributed by atoms with Crippen molar-refractivity contribution < 1.29 is 4.79 Å². The van der Waals surface area contributed by atoms with Crippen molar-refractivity contribution in [3.63, 3.8) is 0 Å². The van der Waals surface area contributed by atoms with Crippen molar-refractivity contribution in [2.45, 2.75) is 20.4 Å². The molecule has 0 heterocycles. The number of carbonyl (C=O) groups excluding carboxylic acids is 1. The van der Waals surface area contributed by atoms with Gasteiger partial charge in [-0.2, -0.15) is 0 Å². The fourth-order valence-corrected chi connectivity index (χ4v) is 2.18. The Hall–Kier alpha value is -1.26. The van der Waals surface area contributed by atoms with Crippen molar-refractivity contribution in [1.82, 2.24) is 10.6 Å². The second kappa shape index (κ2) is 8.12. The van der Waals surface area contributed by atoms with E-state index in [0.717, 1.165) is 22.8 Å². The van der Waals surface area contributed by atoms with Crippen LogP contribution in [-0.4, -0.2) is 33.1 Å². The predicted molar refractivity (Wildman–Crippen MR) is 85.3 cm³/mol. The van der Waals surface area contributed by atoms with Crippen LogP contribution in [0.4, 0.5) is 5.69 Å². The predicted octanol–water partition coefficient (Wildman–Crippen LogP) is 2.27. The molecule has 0 fully saturated rings. The normalized spacial score (nSPS) is 10.7. The van der Waals surface area contributed by atoms with Crippen LogP contribution >= 0.6 is 11.6 Å². The molecule has 1 aromatic rings. The fourth-order valence-electron chi connectivity index (χ4n) is 1.95. The Morgan fingerprint density at radius 1 is 1.40 bits per heavy atom. The van der Waals surface area contributed by atoms with Crippen LogP contribution in [0.2, 0.25) is 5.02 Å². The zero-order chi connectivity index (χ0) is 15.1. The van der Waals surface area contributed by atoms with Gasteiger partial charge >= 0.3 is 0 Å². The molecule has 0 aromatic heterocycles. The Balaban J connectivity index is 2.84. The Kier molecular flexibility index (Phi) is 6.82. The van der Waals surface area contributed by atoms with Gasteiger partial charge in [0, 0.05) is 36.9 Å². The minimum absolute atomic E-state index is 0.0198. The van der Waals surface area contributed by atoms with Gasteiger partial charge in [0.15, 0.2) is 0 Å². The largest absolute Gasteiger partial charge is 0.365 e. The summed E-state index contributed by atoms with van der Waals surface area (Å²) in [5.74, 6) is 0.568. The molecule has 2 N–H and O–H groups in total. The first-order valence-corrected chi connectivity index (χ1v) is 7.23. The van der Waals surface area contributed by atoms with Crippen molar-refractivity contribution in [2.75, 3.05) is 32.1 Å². The number of hydrogen-bond acceptors (Lipinski definition) is 3. The van der Waals surface area contributed by atoms with Crippen LogP contribution in [0.25, 0.3) is 0 Å². The van der Waals surface area contributed by atoms with E-state index in [4.69, 9.17) is 11.6 Å². The first-order valence-electron chi connectivity index (χ1n) is 6.85. The molecule has 0 saturated carbocycles. The molecule has 1 aromatic carbocycles. The SMILES string of the molecule is CNC(=O)CN(C)c1cccc(Cl)c1CNCC(C)C. The van der Waals surface area contributed by atoms with E-state index in [1.165, 1.54) is 0 Å². The molecule has 0 unspecified atom stereocenters. The van der Waals surface area contributed by atoms with Crippen LogP contribution < -0.4 is 15.5 Å². The summed E-state index contributed by atoms with van der Waals surface area (Å²) in [6.07, 6.45) is 0. The number of benzene rings is 1. The maximum Gasteiger partial charge on any atom is 0.239 e. The van der Waals surface area contributed by atoms with E-state index in [2.05, 4.69) is 24.5 Å². The lowest BCUT2D eigenvalue weighted by Gasteiger charge is -2.23. The molecule has 0 spiro atoms. The van der Waals surface area contributed by atoms with E-state index in [-0.39, 0.29) is 5.91 Å². The average Bonchev–Trinajstić information content (AvgIpc) is 2.39. The number of rotatable bonds is 7. The third kappa shape index (κ3) is 5.02. The average molecular weight is 298 g/mol. The third-order valence-electron chi connectivity index (χ3n) is 3.02. The van der Waals surface area contributed by atoms with Crippen molar-refractivity contribution >= 4 is 23.2 Å². The van der Waals surface area contributed by atoms with E-state index < -0.39 is 0 Å².